The highest BCUT2D eigenvalue weighted by Gasteiger charge is 2.48. The highest BCUT2D eigenvalue weighted by Crippen LogP contribution is 2.58. The molecule has 9 nitrogen and oxygen atoms in total. The van der Waals surface area contributed by atoms with Gasteiger partial charge in [0.15, 0.2) is 0 Å². The summed E-state index contributed by atoms with van der Waals surface area (Å²) in [5, 5.41) is 4.97. The molecule has 0 radical (unpaired) electrons. The number of nitrogens with zero attached hydrogens (tertiary/aromatic N) is 5. The standard InChI is InChI=1S/C28H38N7O2PS/c1-32(2)38(37,33(3)4)35-16-13-28(20-35)11-14-34(15-12-28)26-10-8-22(19-30-26)27(36)31-24-18-21(7-9-23(24)29)25-6-5-17-39-25/h5-10,17-19H,11-16,20,29H2,1-4H3,(H,31,36). The minimum Gasteiger partial charge on any atom is -0.397 e. The molecule has 2 saturated heterocycles. The van der Waals surface area contributed by atoms with Crippen LogP contribution in [-0.4, -0.2) is 79.3 Å². The first-order valence-electron chi connectivity index (χ1n) is 13.3. The van der Waals surface area contributed by atoms with E-state index in [-0.39, 0.29) is 11.3 Å². The van der Waals surface area contributed by atoms with E-state index in [1.807, 2.05) is 85.4 Å². The van der Waals surface area contributed by atoms with E-state index < -0.39 is 7.59 Å². The summed E-state index contributed by atoms with van der Waals surface area (Å²) in [6.45, 7) is 3.51. The fourth-order valence-corrected chi connectivity index (χ4v) is 9.07. The first-order valence-corrected chi connectivity index (χ1v) is 15.7. The number of pyridine rings is 1. The highest BCUT2D eigenvalue weighted by atomic mass is 32.1. The second kappa shape index (κ2) is 11.0. The Bertz CT molecular complexity index is 1340. The van der Waals surface area contributed by atoms with E-state index in [9.17, 15) is 9.36 Å². The molecule has 3 aromatic rings. The molecule has 4 heterocycles. The van der Waals surface area contributed by atoms with E-state index >= 15 is 0 Å². The van der Waals surface area contributed by atoms with Crippen molar-refractivity contribution in [2.75, 3.05) is 70.3 Å². The number of thiophene rings is 1. The number of piperidine rings is 1. The van der Waals surface area contributed by atoms with Gasteiger partial charge in [-0.15, -0.1) is 11.3 Å². The zero-order valence-electron chi connectivity index (χ0n) is 23.1. The van der Waals surface area contributed by atoms with Crippen LogP contribution in [0.25, 0.3) is 10.4 Å². The SMILES string of the molecule is CN(C)P(=O)(N(C)C)N1CCC2(CCN(c3ccc(C(=O)Nc4cc(-c5cccs5)ccc4N)cn3)CC2)C1. The number of nitrogens with two attached hydrogens (primary N) is 1. The van der Waals surface area contributed by atoms with Crippen LogP contribution < -0.4 is 16.0 Å². The summed E-state index contributed by atoms with van der Waals surface area (Å²) in [5.41, 5.74) is 8.95. The van der Waals surface area contributed by atoms with Crippen LogP contribution in [0.1, 0.15) is 29.6 Å². The number of carbonyl (C=O) groups excluding carboxylic acids is 1. The van der Waals surface area contributed by atoms with Gasteiger partial charge >= 0.3 is 0 Å². The van der Waals surface area contributed by atoms with Crippen LogP contribution in [0.3, 0.4) is 0 Å². The van der Waals surface area contributed by atoms with Crippen LogP contribution in [0.4, 0.5) is 17.2 Å². The Morgan fingerprint density at radius 2 is 1.77 bits per heavy atom. The Kier molecular flexibility index (Phi) is 7.86. The molecular weight excluding hydrogens is 529 g/mol. The maximum Gasteiger partial charge on any atom is 0.285 e. The summed E-state index contributed by atoms with van der Waals surface area (Å²) in [6, 6.07) is 13.5. The first kappa shape index (κ1) is 27.8. The van der Waals surface area contributed by atoms with Crippen molar-refractivity contribution in [1.29, 1.82) is 0 Å². The number of nitrogens with one attached hydrogen (secondary N) is 1. The number of benzene rings is 1. The van der Waals surface area contributed by atoms with E-state index in [2.05, 4.69) is 19.9 Å². The monoisotopic (exact) mass is 567 g/mol. The molecule has 2 fully saturated rings. The lowest BCUT2D eigenvalue weighted by Gasteiger charge is -2.42. The van der Waals surface area contributed by atoms with Gasteiger partial charge in [0.1, 0.15) is 5.82 Å². The molecule has 0 saturated carbocycles. The number of nitrogen functional groups attached to an aromatic ring is 1. The van der Waals surface area contributed by atoms with E-state index in [1.54, 1.807) is 17.5 Å². The van der Waals surface area contributed by atoms with Crippen LogP contribution in [-0.2, 0) is 4.57 Å². The average Bonchev–Trinajstić information content (AvgIpc) is 3.61. The second-order valence-corrected chi connectivity index (χ2v) is 15.1. The van der Waals surface area contributed by atoms with Gasteiger partial charge in [-0.2, -0.15) is 0 Å². The molecule has 39 heavy (non-hydrogen) atoms. The van der Waals surface area contributed by atoms with Crippen LogP contribution in [0.2, 0.25) is 0 Å². The predicted octanol–water partition coefficient (Wildman–Crippen LogP) is 5.17. The van der Waals surface area contributed by atoms with Gasteiger partial charge in [0.2, 0.25) is 0 Å². The molecule has 1 aromatic carbocycles. The normalized spacial score (nSPS) is 17.8. The lowest BCUT2D eigenvalue weighted by molar-refractivity contribution is 0.102. The van der Waals surface area contributed by atoms with Crippen molar-refractivity contribution in [2.24, 2.45) is 5.41 Å². The summed E-state index contributed by atoms with van der Waals surface area (Å²) in [4.78, 5) is 21.0. The Hall–Kier alpha value is -2.75. The van der Waals surface area contributed by atoms with Crippen molar-refractivity contribution < 1.29 is 9.36 Å². The number of rotatable bonds is 7. The summed E-state index contributed by atoms with van der Waals surface area (Å²) >= 11 is 1.64. The summed E-state index contributed by atoms with van der Waals surface area (Å²) in [6.07, 6.45) is 4.77. The van der Waals surface area contributed by atoms with E-state index in [1.165, 1.54) is 0 Å². The number of hydrogen-bond donors (Lipinski definition) is 2. The van der Waals surface area contributed by atoms with Crippen molar-refractivity contribution in [2.45, 2.75) is 19.3 Å². The summed E-state index contributed by atoms with van der Waals surface area (Å²) < 4.78 is 19.7. The van der Waals surface area contributed by atoms with Crippen molar-refractivity contribution in [3.63, 3.8) is 0 Å². The van der Waals surface area contributed by atoms with Crippen molar-refractivity contribution in [3.8, 4) is 10.4 Å². The van der Waals surface area contributed by atoms with Gasteiger partial charge in [-0.25, -0.2) is 19.0 Å². The minimum atomic E-state index is -2.71. The maximum atomic E-state index is 13.7. The highest BCUT2D eigenvalue weighted by molar-refractivity contribution is 7.56. The van der Waals surface area contributed by atoms with Crippen molar-refractivity contribution >= 4 is 42.0 Å². The molecule has 208 valence electrons. The molecule has 1 amide bonds. The lowest BCUT2D eigenvalue weighted by Crippen LogP contribution is -2.42. The van der Waals surface area contributed by atoms with E-state index in [0.717, 1.165) is 61.7 Å². The Labute approximate surface area is 235 Å². The van der Waals surface area contributed by atoms with Gasteiger partial charge in [-0.05, 0) is 94.1 Å². The number of aromatic nitrogens is 1. The van der Waals surface area contributed by atoms with Crippen LogP contribution in [0, 0.1) is 5.41 Å². The summed E-state index contributed by atoms with van der Waals surface area (Å²) in [7, 11) is 4.91. The van der Waals surface area contributed by atoms with Crippen molar-refractivity contribution in [3.05, 3.63) is 59.6 Å². The maximum absolute atomic E-state index is 13.7. The van der Waals surface area contributed by atoms with Gasteiger partial charge in [-0.3, -0.25) is 9.36 Å². The van der Waals surface area contributed by atoms with E-state index in [4.69, 9.17) is 5.73 Å². The number of hydrogen-bond acceptors (Lipinski definition) is 6. The number of anilines is 3. The molecule has 1 spiro atoms. The second-order valence-electron chi connectivity index (χ2n) is 11.0. The predicted molar refractivity (Wildman–Crippen MR) is 161 cm³/mol. The molecule has 5 rings (SSSR count). The lowest BCUT2D eigenvalue weighted by atomic mass is 9.78. The molecule has 3 N–H and O–H groups in total. The third kappa shape index (κ3) is 5.49. The van der Waals surface area contributed by atoms with Crippen LogP contribution in [0.15, 0.2) is 54.0 Å². The molecule has 2 aromatic heterocycles. The third-order valence-electron chi connectivity index (χ3n) is 8.09. The summed E-state index contributed by atoms with van der Waals surface area (Å²) in [5.74, 6) is 0.640. The van der Waals surface area contributed by atoms with Gasteiger partial charge < -0.3 is 16.0 Å². The Morgan fingerprint density at radius 3 is 2.38 bits per heavy atom. The zero-order valence-corrected chi connectivity index (χ0v) is 24.8. The molecule has 2 aliphatic rings. The largest absolute Gasteiger partial charge is 0.397 e. The minimum absolute atomic E-state index is 0.190. The average molecular weight is 568 g/mol. The first-order chi connectivity index (χ1) is 18.6. The molecule has 2 aliphatic heterocycles. The number of carbonyl (C=O) groups is 1. The quantitative estimate of drug-likeness (QED) is 0.298. The molecule has 0 unspecified atom stereocenters. The smallest absolute Gasteiger partial charge is 0.285 e. The van der Waals surface area contributed by atoms with Gasteiger partial charge in [0.25, 0.3) is 13.5 Å². The third-order valence-corrected chi connectivity index (χ3v) is 12.2. The van der Waals surface area contributed by atoms with Crippen LogP contribution >= 0.6 is 18.9 Å². The van der Waals surface area contributed by atoms with Gasteiger partial charge in [-0.1, -0.05) is 12.1 Å². The van der Waals surface area contributed by atoms with Crippen LogP contribution in [0.5, 0.6) is 0 Å². The van der Waals surface area contributed by atoms with Crippen molar-refractivity contribution in [1.82, 2.24) is 19.0 Å². The van der Waals surface area contributed by atoms with Gasteiger partial charge in [0.05, 0.1) is 16.9 Å². The Balaban J connectivity index is 1.20. The molecular formula is C28H38N7O2PS. The fraction of sp³-hybridized carbons (Fsp3) is 0.429. The van der Waals surface area contributed by atoms with Gasteiger partial charge in [0, 0.05) is 37.3 Å². The molecule has 0 aliphatic carbocycles. The molecule has 0 atom stereocenters. The fourth-order valence-electron chi connectivity index (χ4n) is 5.78. The Morgan fingerprint density at radius 1 is 1.05 bits per heavy atom. The zero-order chi connectivity index (χ0) is 27.8. The topological polar surface area (TPSA) is 98.0 Å². The van der Waals surface area contributed by atoms with E-state index in [0.29, 0.717) is 16.9 Å². The number of amides is 1. The molecule has 0 bridgehead atoms. The molecule has 11 heteroatoms.